The summed E-state index contributed by atoms with van der Waals surface area (Å²) in [6, 6.07) is 25.6. The van der Waals surface area contributed by atoms with Gasteiger partial charge in [0.15, 0.2) is 0 Å². The summed E-state index contributed by atoms with van der Waals surface area (Å²) in [6.45, 7) is 12.9. The monoisotopic (exact) mass is 602 g/mol. The van der Waals surface area contributed by atoms with Crippen LogP contribution in [0.25, 0.3) is 0 Å². The predicted molar refractivity (Wildman–Crippen MR) is 190 cm³/mol. The second-order valence-corrected chi connectivity index (χ2v) is 12.0. The van der Waals surface area contributed by atoms with Gasteiger partial charge in [0.25, 0.3) is 0 Å². The van der Waals surface area contributed by atoms with Crippen molar-refractivity contribution in [3.05, 3.63) is 128 Å². The largest absolute Gasteiger partial charge is 0.325 e. The quantitative estimate of drug-likeness (QED) is 0.151. The molecule has 0 radical (unpaired) electrons. The lowest BCUT2D eigenvalue weighted by molar-refractivity contribution is -0.116. The van der Waals surface area contributed by atoms with Gasteiger partial charge in [0.2, 0.25) is 11.8 Å². The van der Waals surface area contributed by atoms with Crippen LogP contribution in [-0.4, -0.2) is 11.8 Å². The highest BCUT2D eigenvalue weighted by Crippen LogP contribution is 2.30. The topological polar surface area (TPSA) is 58.2 Å². The Morgan fingerprint density at radius 3 is 0.978 bits per heavy atom. The molecule has 4 nitrogen and oxygen atoms in total. The van der Waals surface area contributed by atoms with Crippen LogP contribution < -0.4 is 10.6 Å². The third kappa shape index (κ3) is 8.94. The van der Waals surface area contributed by atoms with E-state index in [0.29, 0.717) is 12.8 Å². The zero-order valence-corrected chi connectivity index (χ0v) is 28.1. The Kier molecular flexibility index (Phi) is 12.2. The van der Waals surface area contributed by atoms with Crippen LogP contribution in [0.4, 0.5) is 11.4 Å². The molecule has 0 fully saturated rings. The standard InChI is InChI=1S/C41H50N2O2/c1-7-28-13-17-30(18-14-28)26-38(44)42-40-34(9-3)22-32(23-35(40)10-4)21-33-24-36(11-5)41(37(12-6)25-33)43-39(45)27-31-19-15-29(8-2)16-20-31/h13-20,22-25H,7-12,21,26-27H2,1-6H3,(H,42,44)(H,43,45). The number of benzene rings is 4. The molecule has 4 heteroatoms. The van der Waals surface area contributed by atoms with Crippen molar-refractivity contribution < 1.29 is 9.59 Å². The third-order valence-corrected chi connectivity index (χ3v) is 8.78. The molecule has 0 saturated carbocycles. The van der Waals surface area contributed by atoms with E-state index in [2.05, 4.69) is 125 Å². The van der Waals surface area contributed by atoms with Crippen LogP contribution >= 0.6 is 0 Å². The maximum atomic E-state index is 13.1. The minimum atomic E-state index is 0.0205. The van der Waals surface area contributed by atoms with Gasteiger partial charge in [-0.15, -0.1) is 0 Å². The van der Waals surface area contributed by atoms with Crippen LogP contribution in [0.5, 0.6) is 0 Å². The third-order valence-electron chi connectivity index (χ3n) is 8.78. The van der Waals surface area contributed by atoms with Crippen molar-refractivity contribution in [2.24, 2.45) is 0 Å². The van der Waals surface area contributed by atoms with Crippen LogP contribution in [0.2, 0.25) is 0 Å². The van der Waals surface area contributed by atoms with Crippen molar-refractivity contribution in [1.82, 2.24) is 0 Å². The minimum absolute atomic E-state index is 0.0205. The highest BCUT2D eigenvalue weighted by atomic mass is 16.2. The summed E-state index contributed by atoms with van der Waals surface area (Å²) in [4.78, 5) is 26.2. The molecule has 0 unspecified atom stereocenters. The van der Waals surface area contributed by atoms with E-state index in [9.17, 15) is 9.59 Å². The molecule has 0 spiro atoms. The fourth-order valence-electron chi connectivity index (χ4n) is 6.08. The molecule has 0 aromatic heterocycles. The first kappa shape index (κ1) is 33.7. The Morgan fingerprint density at radius 2 is 0.711 bits per heavy atom. The van der Waals surface area contributed by atoms with Crippen LogP contribution in [0, 0.1) is 0 Å². The van der Waals surface area contributed by atoms with Gasteiger partial charge in [-0.1, -0.05) is 114 Å². The predicted octanol–water partition coefficient (Wildman–Crippen LogP) is 9.01. The SMILES string of the molecule is CCc1ccc(CC(=O)Nc2c(CC)cc(Cc3cc(CC)c(NC(=O)Cc4ccc(CC)cc4)c(CC)c3)cc2CC)cc1. The smallest absolute Gasteiger partial charge is 0.228 e. The highest BCUT2D eigenvalue weighted by Gasteiger charge is 2.16. The number of carbonyl (C=O) groups excluding carboxylic acids is 2. The first-order valence-electron chi connectivity index (χ1n) is 16.8. The Labute approximate surface area is 270 Å². The van der Waals surface area contributed by atoms with E-state index >= 15 is 0 Å². The van der Waals surface area contributed by atoms with Crippen molar-refractivity contribution in [3.63, 3.8) is 0 Å². The van der Waals surface area contributed by atoms with E-state index in [4.69, 9.17) is 0 Å². The van der Waals surface area contributed by atoms with E-state index in [1.165, 1.54) is 44.5 Å². The van der Waals surface area contributed by atoms with Gasteiger partial charge in [-0.25, -0.2) is 0 Å². The van der Waals surface area contributed by atoms with Crippen molar-refractivity contribution in [2.45, 2.75) is 99.3 Å². The number of anilines is 2. The summed E-state index contributed by atoms with van der Waals surface area (Å²) in [5, 5.41) is 6.51. The van der Waals surface area contributed by atoms with Crippen LogP contribution in [0.3, 0.4) is 0 Å². The molecule has 4 rings (SSSR count). The Morgan fingerprint density at radius 1 is 0.422 bits per heavy atom. The number of hydrogen-bond acceptors (Lipinski definition) is 2. The van der Waals surface area contributed by atoms with Gasteiger partial charge in [0.1, 0.15) is 0 Å². The van der Waals surface area contributed by atoms with Gasteiger partial charge in [-0.3, -0.25) is 9.59 Å². The summed E-state index contributed by atoms with van der Waals surface area (Å²) in [7, 11) is 0. The molecule has 2 N–H and O–H groups in total. The number of nitrogens with one attached hydrogen (secondary N) is 2. The molecule has 0 aliphatic carbocycles. The van der Waals surface area contributed by atoms with Crippen molar-refractivity contribution in [2.75, 3.05) is 10.6 Å². The van der Waals surface area contributed by atoms with Gasteiger partial charge in [0, 0.05) is 11.4 Å². The second-order valence-electron chi connectivity index (χ2n) is 12.0. The normalized spacial score (nSPS) is 11.0. The first-order valence-corrected chi connectivity index (χ1v) is 16.8. The maximum Gasteiger partial charge on any atom is 0.228 e. The van der Waals surface area contributed by atoms with Crippen LogP contribution in [0.15, 0.2) is 72.8 Å². The number of amides is 2. The molecule has 236 valence electrons. The number of hydrogen-bond donors (Lipinski definition) is 2. The van der Waals surface area contributed by atoms with E-state index < -0.39 is 0 Å². The van der Waals surface area contributed by atoms with E-state index in [-0.39, 0.29) is 11.8 Å². The van der Waals surface area contributed by atoms with Crippen molar-refractivity contribution in [3.8, 4) is 0 Å². The molecule has 0 bridgehead atoms. The summed E-state index contributed by atoms with van der Waals surface area (Å²) in [6.07, 6.45) is 6.89. The molecule has 45 heavy (non-hydrogen) atoms. The van der Waals surface area contributed by atoms with Gasteiger partial charge >= 0.3 is 0 Å². The summed E-state index contributed by atoms with van der Waals surface area (Å²) >= 11 is 0. The fraction of sp³-hybridized carbons (Fsp3) is 0.366. The fourth-order valence-corrected chi connectivity index (χ4v) is 6.08. The molecular formula is C41H50N2O2. The second kappa shape index (κ2) is 16.2. The lowest BCUT2D eigenvalue weighted by Crippen LogP contribution is -2.17. The first-order chi connectivity index (χ1) is 21.8. The average Bonchev–Trinajstić information content (AvgIpc) is 3.06. The molecule has 0 aliphatic rings. The van der Waals surface area contributed by atoms with Gasteiger partial charge in [-0.05, 0) is 101 Å². The van der Waals surface area contributed by atoms with Crippen LogP contribution in [-0.2, 0) is 67.4 Å². The molecule has 0 saturated heterocycles. The van der Waals surface area contributed by atoms with Gasteiger partial charge < -0.3 is 10.6 Å². The molecule has 0 heterocycles. The molecule has 4 aromatic carbocycles. The molecule has 2 amide bonds. The Bertz CT molecular complexity index is 1430. The average molecular weight is 603 g/mol. The molecular weight excluding hydrogens is 552 g/mol. The van der Waals surface area contributed by atoms with Crippen LogP contribution in [0.1, 0.15) is 97.2 Å². The number of rotatable bonds is 14. The number of aryl methyl sites for hydroxylation is 6. The molecule has 0 aliphatic heterocycles. The highest BCUT2D eigenvalue weighted by molar-refractivity contribution is 5.94. The van der Waals surface area contributed by atoms with Gasteiger partial charge in [0.05, 0.1) is 12.8 Å². The summed E-state index contributed by atoms with van der Waals surface area (Å²) in [5.41, 5.74) is 13.7. The lowest BCUT2D eigenvalue weighted by Gasteiger charge is -2.19. The van der Waals surface area contributed by atoms with Gasteiger partial charge in [-0.2, -0.15) is 0 Å². The summed E-state index contributed by atoms with van der Waals surface area (Å²) in [5.74, 6) is 0.0411. The van der Waals surface area contributed by atoms with E-state index in [1.807, 2.05) is 0 Å². The number of carbonyl (C=O) groups is 2. The maximum absolute atomic E-state index is 13.1. The molecule has 0 atom stereocenters. The minimum Gasteiger partial charge on any atom is -0.325 e. The Balaban J connectivity index is 1.52. The van der Waals surface area contributed by atoms with Crippen molar-refractivity contribution >= 4 is 23.2 Å². The van der Waals surface area contributed by atoms with E-state index in [0.717, 1.165) is 67.4 Å². The zero-order chi connectivity index (χ0) is 32.3. The summed E-state index contributed by atoms with van der Waals surface area (Å²) < 4.78 is 0. The van der Waals surface area contributed by atoms with E-state index in [1.54, 1.807) is 0 Å². The molecule has 4 aromatic rings. The Hall–Kier alpha value is -4.18. The van der Waals surface area contributed by atoms with Crippen molar-refractivity contribution in [1.29, 1.82) is 0 Å². The lowest BCUT2D eigenvalue weighted by atomic mass is 9.92. The zero-order valence-electron chi connectivity index (χ0n) is 28.1.